The molecule has 2 rings (SSSR count). The van der Waals surface area contributed by atoms with Gasteiger partial charge in [-0.1, -0.05) is 39.1 Å². The van der Waals surface area contributed by atoms with E-state index in [1.807, 2.05) is 6.92 Å². The highest BCUT2D eigenvalue weighted by Gasteiger charge is 2.11. The lowest BCUT2D eigenvalue weighted by Gasteiger charge is -2.08. The fraction of sp³-hybridized carbons (Fsp3) is 0.125. The van der Waals surface area contributed by atoms with Gasteiger partial charge < -0.3 is 9.84 Å². The summed E-state index contributed by atoms with van der Waals surface area (Å²) in [6.07, 6.45) is 1.31. The molecule has 24 heavy (non-hydrogen) atoms. The van der Waals surface area contributed by atoms with Crippen molar-refractivity contribution in [3.05, 3.63) is 56.0 Å². The summed E-state index contributed by atoms with van der Waals surface area (Å²) >= 11 is 15.1. The number of halogens is 3. The van der Waals surface area contributed by atoms with Crippen LogP contribution < -0.4 is 10.2 Å². The first kappa shape index (κ1) is 18.6. The van der Waals surface area contributed by atoms with Gasteiger partial charge in [-0.05, 0) is 37.3 Å². The average Bonchev–Trinajstić information content (AvgIpc) is 2.51. The van der Waals surface area contributed by atoms with E-state index in [0.717, 1.165) is 0 Å². The molecule has 0 saturated carbocycles. The van der Waals surface area contributed by atoms with Crippen LogP contribution in [0, 0.1) is 0 Å². The molecule has 0 heterocycles. The van der Waals surface area contributed by atoms with E-state index in [0.29, 0.717) is 27.4 Å². The van der Waals surface area contributed by atoms with E-state index in [1.54, 1.807) is 18.2 Å². The van der Waals surface area contributed by atoms with Gasteiger partial charge in [-0.15, -0.1) is 0 Å². The Labute approximate surface area is 157 Å². The number of ether oxygens (including phenoxy) is 1. The second-order valence-corrected chi connectivity index (χ2v) is 6.36. The van der Waals surface area contributed by atoms with E-state index in [1.165, 1.54) is 18.3 Å². The fourth-order valence-corrected chi connectivity index (χ4v) is 2.80. The first-order chi connectivity index (χ1) is 11.4. The van der Waals surface area contributed by atoms with Crippen molar-refractivity contribution < 1.29 is 14.6 Å². The molecule has 0 spiro atoms. The van der Waals surface area contributed by atoms with Crippen molar-refractivity contribution >= 4 is 51.3 Å². The quantitative estimate of drug-likeness (QED) is 0.535. The highest BCUT2D eigenvalue weighted by molar-refractivity contribution is 9.10. The van der Waals surface area contributed by atoms with Gasteiger partial charge in [0.25, 0.3) is 5.91 Å². The molecule has 5 nitrogen and oxygen atoms in total. The second-order valence-electron chi connectivity index (χ2n) is 4.60. The molecule has 126 valence electrons. The molecular weight excluding hydrogens is 419 g/mol. The molecule has 0 radical (unpaired) electrons. The van der Waals surface area contributed by atoms with Gasteiger partial charge in [0.05, 0.1) is 23.4 Å². The largest absolute Gasteiger partial charge is 0.504 e. The van der Waals surface area contributed by atoms with Crippen molar-refractivity contribution in [2.24, 2.45) is 5.10 Å². The molecule has 0 aliphatic rings. The van der Waals surface area contributed by atoms with Gasteiger partial charge in [-0.3, -0.25) is 4.79 Å². The fourth-order valence-electron chi connectivity index (χ4n) is 1.85. The molecule has 0 aliphatic carbocycles. The maximum absolute atomic E-state index is 12.0. The molecule has 0 atom stereocenters. The second kappa shape index (κ2) is 8.37. The summed E-state index contributed by atoms with van der Waals surface area (Å²) in [7, 11) is 0. The van der Waals surface area contributed by atoms with Crippen molar-refractivity contribution in [3.63, 3.8) is 0 Å². The zero-order valence-corrected chi connectivity index (χ0v) is 15.6. The standard InChI is InChI=1S/C16H13BrCl2N2O3/c1-2-24-14-6-10(17)5-9(15(14)22)8-20-21-16(23)12-4-3-11(18)7-13(12)19/h3-8,22H,2H2,1H3,(H,21,23). The molecule has 2 N–H and O–H groups in total. The van der Waals surface area contributed by atoms with Gasteiger partial charge in [-0.25, -0.2) is 5.43 Å². The molecule has 2 aromatic carbocycles. The Morgan fingerprint density at radius 1 is 1.38 bits per heavy atom. The molecule has 1 amide bonds. The number of benzene rings is 2. The van der Waals surface area contributed by atoms with Crippen molar-refractivity contribution in [3.8, 4) is 11.5 Å². The van der Waals surface area contributed by atoms with Crippen molar-refractivity contribution in [2.45, 2.75) is 6.92 Å². The Hall–Kier alpha value is -1.76. The number of carbonyl (C=O) groups excluding carboxylic acids is 1. The van der Waals surface area contributed by atoms with E-state index in [-0.39, 0.29) is 16.3 Å². The van der Waals surface area contributed by atoms with Crippen molar-refractivity contribution in [1.82, 2.24) is 5.43 Å². The van der Waals surface area contributed by atoms with Crippen LogP contribution in [-0.2, 0) is 0 Å². The van der Waals surface area contributed by atoms with Crippen LogP contribution in [-0.4, -0.2) is 23.8 Å². The molecule has 0 saturated heterocycles. The van der Waals surface area contributed by atoms with Crippen LogP contribution in [0.5, 0.6) is 11.5 Å². The summed E-state index contributed by atoms with van der Waals surface area (Å²) < 4.78 is 6.03. The van der Waals surface area contributed by atoms with E-state index >= 15 is 0 Å². The van der Waals surface area contributed by atoms with Crippen LogP contribution in [0.1, 0.15) is 22.8 Å². The normalized spacial score (nSPS) is 10.8. The Bertz CT molecular complexity index is 797. The maximum atomic E-state index is 12.0. The van der Waals surface area contributed by atoms with E-state index in [9.17, 15) is 9.90 Å². The molecule has 8 heteroatoms. The smallest absolute Gasteiger partial charge is 0.272 e. The zero-order valence-electron chi connectivity index (χ0n) is 12.5. The SMILES string of the molecule is CCOc1cc(Br)cc(C=NNC(=O)c2ccc(Cl)cc2Cl)c1O. The van der Waals surface area contributed by atoms with Gasteiger partial charge >= 0.3 is 0 Å². The summed E-state index contributed by atoms with van der Waals surface area (Å²) in [5.74, 6) is -0.240. The van der Waals surface area contributed by atoms with Crippen LogP contribution in [0.3, 0.4) is 0 Å². The van der Waals surface area contributed by atoms with Crippen LogP contribution in [0.15, 0.2) is 39.9 Å². The summed E-state index contributed by atoms with van der Waals surface area (Å²) in [6.45, 7) is 2.22. The Balaban J connectivity index is 2.15. The number of hydrogen-bond acceptors (Lipinski definition) is 4. The molecule has 0 bridgehead atoms. The number of phenolic OH excluding ortho intramolecular Hbond substituents is 1. The summed E-state index contributed by atoms with van der Waals surface area (Å²) in [5, 5.41) is 14.6. The predicted molar refractivity (Wildman–Crippen MR) is 98.5 cm³/mol. The number of amides is 1. The average molecular weight is 432 g/mol. The van der Waals surface area contributed by atoms with Crippen LogP contribution in [0.2, 0.25) is 10.0 Å². The number of nitrogens with zero attached hydrogens (tertiary/aromatic N) is 1. The third-order valence-electron chi connectivity index (χ3n) is 2.91. The number of carbonyl (C=O) groups is 1. The van der Waals surface area contributed by atoms with E-state index in [2.05, 4.69) is 26.5 Å². The van der Waals surface area contributed by atoms with Crippen LogP contribution in [0.4, 0.5) is 0 Å². The van der Waals surface area contributed by atoms with Gasteiger partial charge in [0.15, 0.2) is 11.5 Å². The molecule has 0 unspecified atom stereocenters. The summed E-state index contributed by atoms with van der Waals surface area (Å²) in [6, 6.07) is 7.81. The Kier molecular flexibility index (Phi) is 6.48. The minimum Gasteiger partial charge on any atom is -0.504 e. The summed E-state index contributed by atoms with van der Waals surface area (Å²) in [4.78, 5) is 12.0. The molecule has 0 aromatic heterocycles. The minimum absolute atomic E-state index is 0.0671. The minimum atomic E-state index is -0.493. The van der Waals surface area contributed by atoms with Crippen LogP contribution >= 0.6 is 39.1 Å². The highest BCUT2D eigenvalue weighted by atomic mass is 79.9. The summed E-state index contributed by atoms with van der Waals surface area (Å²) in [5.41, 5.74) is 2.97. The van der Waals surface area contributed by atoms with Crippen LogP contribution in [0.25, 0.3) is 0 Å². The highest BCUT2D eigenvalue weighted by Crippen LogP contribution is 2.32. The number of hydrazone groups is 1. The number of rotatable bonds is 5. The number of nitrogens with one attached hydrogen (secondary N) is 1. The monoisotopic (exact) mass is 430 g/mol. The van der Waals surface area contributed by atoms with E-state index < -0.39 is 5.91 Å². The van der Waals surface area contributed by atoms with Gasteiger partial charge in [-0.2, -0.15) is 5.10 Å². The lowest BCUT2D eigenvalue weighted by atomic mass is 10.2. The maximum Gasteiger partial charge on any atom is 0.272 e. The van der Waals surface area contributed by atoms with Gasteiger partial charge in [0, 0.05) is 15.1 Å². The third kappa shape index (κ3) is 4.63. The zero-order chi connectivity index (χ0) is 17.7. The lowest BCUT2D eigenvalue weighted by Crippen LogP contribution is -2.18. The predicted octanol–water partition coefficient (Wildman–Crippen LogP) is 4.62. The first-order valence-corrected chi connectivity index (χ1v) is 8.41. The molecule has 0 aliphatic heterocycles. The number of hydrogen-bond donors (Lipinski definition) is 2. The van der Waals surface area contributed by atoms with E-state index in [4.69, 9.17) is 27.9 Å². The Morgan fingerprint density at radius 2 is 2.12 bits per heavy atom. The molecule has 0 fully saturated rings. The molecule has 2 aromatic rings. The van der Waals surface area contributed by atoms with Crippen molar-refractivity contribution in [1.29, 1.82) is 0 Å². The number of phenols is 1. The van der Waals surface area contributed by atoms with Gasteiger partial charge in [0.1, 0.15) is 0 Å². The lowest BCUT2D eigenvalue weighted by molar-refractivity contribution is 0.0955. The number of aromatic hydroxyl groups is 1. The molecular formula is C16H13BrCl2N2O3. The topological polar surface area (TPSA) is 70.9 Å². The van der Waals surface area contributed by atoms with Gasteiger partial charge in [0.2, 0.25) is 0 Å². The first-order valence-electron chi connectivity index (χ1n) is 6.86. The Morgan fingerprint density at radius 3 is 2.79 bits per heavy atom. The third-order valence-corrected chi connectivity index (χ3v) is 3.92. The van der Waals surface area contributed by atoms with Crippen molar-refractivity contribution in [2.75, 3.05) is 6.61 Å².